The van der Waals surface area contributed by atoms with Gasteiger partial charge in [-0.1, -0.05) is 48.0 Å². The Morgan fingerprint density at radius 2 is 1.50 bits per heavy atom. The van der Waals surface area contributed by atoms with Gasteiger partial charge in [-0.3, -0.25) is 4.79 Å². The van der Waals surface area contributed by atoms with Gasteiger partial charge in [-0.15, -0.1) is 0 Å². The van der Waals surface area contributed by atoms with Gasteiger partial charge in [0, 0.05) is 0 Å². The Morgan fingerprint density at radius 3 is 2.15 bits per heavy atom. The van der Waals surface area contributed by atoms with E-state index in [2.05, 4.69) is 13.8 Å². The van der Waals surface area contributed by atoms with Gasteiger partial charge in [0.1, 0.15) is 0 Å². The summed E-state index contributed by atoms with van der Waals surface area (Å²) in [5.41, 5.74) is 0.0990. The molecule has 0 radical (unpaired) electrons. The number of fused-ring (bicyclic) bond motifs is 5. The molecule has 4 saturated carbocycles. The van der Waals surface area contributed by atoms with Crippen molar-refractivity contribution in [3.8, 4) is 0 Å². The van der Waals surface area contributed by atoms with Crippen LogP contribution in [0.15, 0.2) is 0 Å². The van der Waals surface area contributed by atoms with E-state index in [-0.39, 0.29) is 11.3 Å². The molecule has 0 saturated heterocycles. The number of hydrogen-bond donors (Lipinski definition) is 1. The van der Waals surface area contributed by atoms with Gasteiger partial charge in [-0.2, -0.15) is 0 Å². The smallest absolute Gasteiger partial charge is 0.307 e. The fraction of sp³-hybridized carbons (Fsp3) is 0.958. The van der Waals surface area contributed by atoms with E-state index in [1.54, 1.807) is 0 Å². The number of carboxylic acid groups (broad SMARTS) is 1. The van der Waals surface area contributed by atoms with Crippen LogP contribution in [0, 0.1) is 46.8 Å². The Hall–Kier alpha value is -0.530. The molecular formula is C24H44O2. The SMILES string of the molecule is CC.CC.CC1CCC2C(CCC3C2CCC2(C)C(C(=O)O)CCC32)C1. The Kier molecular flexibility index (Phi) is 7.62. The molecule has 2 heteroatoms. The predicted molar refractivity (Wildman–Crippen MR) is 110 cm³/mol. The molecule has 0 bridgehead atoms. The van der Waals surface area contributed by atoms with E-state index in [9.17, 15) is 9.90 Å². The van der Waals surface area contributed by atoms with Crippen LogP contribution < -0.4 is 0 Å². The molecule has 26 heavy (non-hydrogen) atoms. The third-order valence-electron chi connectivity index (χ3n) is 8.51. The highest BCUT2D eigenvalue weighted by Gasteiger charge is 2.58. The molecule has 0 amide bonds. The van der Waals surface area contributed by atoms with Gasteiger partial charge in [0.2, 0.25) is 0 Å². The number of carboxylic acids is 1. The third-order valence-corrected chi connectivity index (χ3v) is 8.51. The minimum Gasteiger partial charge on any atom is -0.481 e. The van der Waals surface area contributed by atoms with Crippen LogP contribution in [0.3, 0.4) is 0 Å². The summed E-state index contributed by atoms with van der Waals surface area (Å²) in [7, 11) is 0. The molecule has 0 aliphatic heterocycles. The highest BCUT2D eigenvalue weighted by Crippen LogP contribution is 2.64. The van der Waals surface area contributed by atoms with E-state index in [4.69, 9.17) is 0 Å². The van der Waals surface area contributed by atoms with Crippen LogP contribution in [0.1, 0.15) is 99.3 Å². The van der Waals surface area contributed by atoms with Crippen LogP contribution in [0.25, 0.3) is 0 Å². The fourth-order valence-corrected chi connectivity index (χ4v) is 7.49. The van der Waals surface area contributed by atoms with Gasteiger partial charge < -0.3 is 5.11 Å². The van der Waals surface area contributed by atoms with E-state index in [0.29, 0.717) is 5.92 Å². The zero-order chi connectivity index (χ0) is 19.5. The van der Waals surface area contributed by atoms with Gasteiger partial charge >= 0.3 is 5.97 Å². The minimum atomic E-state index is -0.524. The first-order valence-electron chi connectivity index (χ1n) is 11.7. The highest BCUT2D eigenvalue weighted by molar-refractivity contribution is 5.71. The standard InChI is InChI=1S/C20H32O2.2C2H6/c1-12-3-5-14-13(11-12)4-6-16-15(14)9-10-20(2)17(16)7-8-18(20)19(21)22;2*1-2/h12-18H,3-11H2,1-2H3,(H,21,22);2*1-2H3. The Bertz CT molecular complexity index is 459. The largest absolute Gasteiger partial charge is 0.481 e. The van der Waals surface area contributed by atoms with Crippen molar-refractivity contribution in [2.75, 3.05) is 0 Å². The minimum absolute atomic E-state index is 0.0671. The third kappa shape index (κ3) is 3.72. The van der Waals surface area contributed by atoms with Crippen molar-refractivity contribution in [3.63, 3.8) is 0 Å². The normalized spacial score (nSPS) is 46.3. The molecule has 8 atom stereocenters. The van der Waals surface area contributed by atoms with Crippen molar-refractivity contribution in [1.82, 2.24) is 0 Å². The van der Waals surface area contributed by atoms with Crippen molar-refractivity contribution in [3.05, 3.63) is 0 Å². The first-order valence-corrected chi connectivity index (χ1v) is 11.7. The topological polar surface area (TPSA) is 37.3 Å². The number of rotatable bonds is 1. The van der Waals surface area contributed by atoms with Crippen LogP contribution in [-0.4, -0.2) is 11.1 Å². The summed E-state index contributed by atoms with van der Waals surface area (Å²) in [5, 5.41) is 9.63. The van der Waals surface area contributed by atoms with E-state index in [1.165, 1.54) is 51.4 Å². The van der Waals surface area contributed by atoms with Crippen LogP contribution in [0.2, 0.25) is 0 Å². The van der Waals surface area contributed by atoms with E-state index < -0.39 is 5.97 Å². The highest BCUT2D eigenvalue weighted by atomic mass is 16.4. The molecule has 4 aliphatic carbocycles. The quantitative estimate of drug-likeness (QED) is 0.542. The molecule has 8 unspecified atom stereocenters. The summed E-state index contributed by atoms with van der Waals surface area (Å²) in [6, 6.07) is 0. The molecule has 0 heterocycles. The van der Waals surface area contributed by atoms with Gasteiger partial charge in [0.25, 0.3) is 0 Å². The van der Waals surface area contributed by atoms with Crippen LogP contribution >= 0.6 is 0 Å². The molecule has 0 aromatic rings. The summed E-state index contributed by atoms with van der Waals surface area (Å²) in [4.78, 5) is 11.7. The molecule has 0 spiro atoms. The first-order chi connectivity index (χ1) is 12.5. The fourth-order valence-electron chi connectivity index (χ4n) is 7.49. The molecule has 4 aliphatic rings. The van der Waals surface area contributed by atoms with Crippen molar-refractivity contribution >= 4 is 5.97 Å². The summed E-state index contributed by atoms with van der Waals surface area (Å²) in [6.07, 6.45) is 11.8. The van der Waals surface area contributed by atoms with Gasteiger partial charge in [-0.25, -0.2) is 0 Å². The molecule has 0 aromatic heterocycles. The second-order valence-electron chi connectivity index (χ2n) is 9.37. The Morgan fingerprint density at radius 1 is 0.846 bits per heavy atom. The average Bonchev–Trinajstić information content (AvgIpc) is 3.02. The summed E-state index contributed by atoms with van der Waals surface area (Å²) in [5.74, 6) is 4.79. The Labute approximate surface area is 162 Å². The summed E-state index contributed by atoms with van der Waals surface area (Å²) >= 11 is 0. The lowest BCUT2D eigenvalue weighted by molar-refractivity contribution is -0.149. The van der Waals surface area contributed by atoms with Crippen molar-refractivity contribution < 1.29 is 9.90 Å². The number of carbonyl (C=O) groups is 1. The van der Waals surface area contributed by atoms with E-state index in [1.807, 2.05) is 27.7 Å². The average molecular weight is 365 g/mol. The molecule has 0 aromatic carbocycles. The first kappa shape index (κ1) is 21.8. The lowest BCUT2D eigenvalue weighted by atomic mass is 9.49. The second-order valence-corrected chi connectivity index (χ2v) is 9.37. The van der Waals surface area contributed by atoms with Crippen LogP contribution in [0.5, 0.6) is 0 Å². The van der Waals surface area contributed by atoms with Gasteiger partial charge in [0.05, 0.1) is 5.92 Å². The molecule has 1 N–H and O–H groups in total. The molecule has 4 fully saturated rings. The maximum Gasteiger partial charge on any atom is 0.307 e. The number of aliphatic carboxylic acids is 1. The second kappa shape index (κ2) is 9.11. The van der Waals surface area contributed by atoms with Crippen LogP contribution in [0.4, 0.5) is 0 Å². The maximum absolute atomic E-state index is 11.7. The van der Waals surface area contributed by atoms with Crippen molar-refractivity contribution in [2.45, 2.75) is 99.3 Å². The molecule has 2 nitrogen and oxygen atoms in total. The molecule has 152 valence electrons. The van der Waals surface area contributed by atoms with Gasteiger partial charge in [-0.05, 0) is 92.3 Å². The summed E-state index contributed by atoms with van der Waals surface area (Å²) < 4.78 is 0. The monoisotopic (exact) mass is 364 g/mol. The summed E-state index contributed by atoms with van der Waals surface area (Å²) in [6.45, 7) is 12.8. The van der Waals surface area contributed by atoms with E-state index in [0.717, 1.165) is 36.0 Å². The zero-order valence-corrected chi connectivity index (χ0v) is 18.3. The lowest BCUT2D eigenvalue weighted by Crippen LogP contribution is -2.49. The van der Waals surface area contributed by atoms with Gasteiger partial charge in [0.15, 0.2) is 0 Å². The predicted octanol–water partition coefficient (Wildman–Crippen LogP) is 7.03. The zero-order valence-electron chi connectivity index (χ0n) is 18.3. The molecular weight excluding hydrogens is 320 g/mol. The van der Waals surface area contributed by atoms with E-state index >= 15 is 0 Å². The van der Waals surface area contributed by atoms with Crippen molar-refractivity contribution in [1.29, 1.82) is 0 Å². The number of hydrogen-bond acceptors (Lipinski definition) is 1. The van der Waals surface area contributed by atoms with Crippen LogP contribution in [-0.2, 0) is 4.79 Å². The Balaban J connectivity index is 0.000000570. The van der Waals surface area contributed by atoms with Crippen molar-refractivity contribution in [2.24, 2.45) is 46.8 Å². The molecule has 4 rings (SSSR count). The maximum atomic E-state index is 11.7. The lowest BCUT2D eigenvalue weighted by Gasteiger charge is -2.56.